The van der Waals surface area contributed by atoms with E-state index in [0.717, 1.165) is 29.6 Å². The maximum Gasteiger partial charge on any atom is 0.344 e. The third kappa shape index (κ3) is 3.75. The van der Waals surface area contributed by atoms with Gasteiger partial charge in [-0.25, -0.2) is 4.79 Å². The van der Waals surface area contributed by atoms with Gasteiger partial charge in [0.25, 0.3) is 11.8 Å². The van der Waals surface area contributed by atoms with Crippen LogP contribution in [-0.4, -0.2) is 42.5 Å². The van der Waals surface area contributed by atoms with E-state index in [-0.39, 0.29) is 5.91 Å². The van der Waals surface area contributed by atoms with Crippen molar-refractivity contribution < 1.29 is 19.3 Å². The number of fused-ring (bicyclic) bond motifs is 1. The summed E-state index contributed by atoms with van der Waals surface area (Å²) in [6, 6.07) is 8.62. The molecule has 4 amide bonds. The van der Waals surface area contributed by atoms with E-state index in [4.69, 9.17) is 0 Å². The summed E-state index contributed by atoms with van der Waals surface area (Å²) in [5, 5.41) is 3.66. The summed E-state index contributed by atoms with van der Waals surface area (Å²) in [6.45, 7) is 4.15. The molecule has 0 spiro atoms. The third-order valence-electron chi connectivity index (χ3n) is 7.02. The minimum Gasteiger partial charge on any atom is -0.327 e. The van der Waals surface area contributed by atoms with Gasteiger partial charge in [-0.2, -0.15) is 5.01 Å². The number of hydrogen-bond donors (Lipinski definition) is 3. The first kappa shape index (κ1) is 19.9. The molecular formula is C22H31N4O3+. The summed E-state index contributed by atoms with van der Waals surface area (Å²) in [6.07, 6.45) is 6.80. The lowest BCUT2D eigenvalue weighted by molar-refractivity contribution is -0.902. The van der Waals surface area contributed by atoms with Crippen molar-refractivity contribution in [2.24, 2.45) is 11.8 Å². The van der Waals surface area contributed by atoms with Crippen LogP contribution in [-0.2, 0) is 15.1 Å². The lowest BCUT2D eigenvalue weighted by Crippen LogP contribution is -3.15. The fourth-order valence-corrected chi connectivity index (χ4v) is 5.39. The topological polar surface area (TPSA) is 83.0 Å². The third-order valence-corrected chi connectivity index (χ3v) is 7.02. The molecule has 1 aliphatic carbocycles. The molecule has 4 rings (SSSR count). The molecule has 3 aliphatic rings. The first-order valence-corrected chi connectivity index (χ1v) is 10.9. The monoisotopic (exact) mass is 399 g/mol. The zero-order valence-corrected chi connectivity index (χ0v) is 17.1. The number of likely N-dealkylation sites (tertiary alicyclic amines) is 1. The van der Waals surface area contributed by atoms with Crippen LogP contribution in [0.4, 0.5) is 4.79 Å². The van der Waals surface area contributed by atoms with Crippen LogP contribution in [0.3, 0.4) is 0 Å². The molecule has 0 radical (unpaired) electrons. The van der Waals surface area contributed by atoms with E-state index in [1.165, 1.54) is 37.0 Å². The van der Waals surface area contributed by atoms with Crippen molar-refractivity contribution in [2.45, 2.75) is 51.0 Å². The number of hydrazine groups is 1. The van der Waals surface area contributed by atoms with Gasteiger partial charge in [-0.1, -0.05) is 50.1 Å². The molecule has 2 saturated heterocycles. The number of benzene rings is 1. The largest absolute Gasteiger partial charge is 0.344 e. The molecule has 4 atom stereocenters. The van der Waals surface area contributed by atoms with E-state index in [0.29, 0.717) is 18.9 Å². The number of hydrogen-bond acceptors (Lipinski definition) is 3. The van der Waals surface area contributed by atoms with E-state index in [1.54, 1.807) is 0 Å². The molecule has 2 heterocycles. The van der Waals surface area contributed by atoms with Crippen molar-refractivity contribution >= 4 is 17.8 Å². The number of amides is 4. The first-order valence-electron chi connectivity index (χ1n) is 10.9. The second-order valence-corrected chi connectivity index (χ2v) is 8.70. The van der Waals surface area contributed by atoms with Crippen LogP contribution in [0.2, 0.25) is 0 Å². The Hall–Kier alpha value is -2.41. The molecular weight excluding hydrogens is 368 g/mol. The highest BCUT2D eigenvalue weighted by atomic mass is 16.2. The van der Waals surface area contributed by atoms with Crippen LogP contribution in [0.5, 0.6) is 0 Å². The van der Waals surface area contributed by atoms with Gasteiger partial charge in [-0.15, -0.1) is 0 Å². The number of rotatable bonds is 5. The molecule has 1 unspecified atom stereocenters. The molecule has 1 saturated carbocycles. The Labute approximate surface area is 171 Å². The van der Waals surface area contributed by atoms with Gasteiger partial charge in [-0.3, -0.25) is 15.0 Å². The predicted molar refractivity (Wildman–Crippen MR) is 108 cm³/mol. The maximum atomic E-state index is 13.1. The molecule has 3 N–H and O–H groups in total. The zero-order chi connectivity index (χ0) is 20.4. The minimum absolute atomic E-state index is 0.280. The summed E-state index contributed by atoms with van der Waals surface area (Å²) in [4.78, 5) is 39.5. The summed E-state index contributed by atoms with van der Waals surface area (Å²) >= 11 is 0. The Balaban J connectivity index is 1.39. The minimum atomic E-state index is -1.13. The lowest BCUT2D eigenvalue weighted by atomic mass is 9.75. The van der Waals surface area contributed by atoms with Crippen molar-refractivity contribution in [3.05, 3.63) is 35.9 Å². The number of nitrogens with one attached hydrogen (secondary N) is 3. The van der Waals surface area contributed by atoms with Crippen molar-refractivity contribution in [1.82, 2.24) is 15.8 Å². The number of imide groups is 1. The summed E-state index contributed by atoms with van der Waals surface area (Å²) in [5.41, 5.74) is 2.17. The first-order chi connectivity index (χ1) is 14.0. The standard InChI is InChI=1S/C22H30N4O3/c1-2-22(18-10-4-3-5-11-18)20(28)26(21(29)23-22)24-19(27)15-25-13-12-16-8-6-7-9-17(16)14-25/h3-5,10-11,16-17H,2,6-9,12-15H2,1H3,(H,23,29)(H,24,27)/p+1/t16-,17+,22-/m0/s1. The highest BCUT2D eigenvalue weighted by Crippen LogP contribution is 2.33. The Morgan fingerprint density at radius 3 is 2.62 bits per heavy atom. The Morgan fingerprint density at radius 2 is 1.90 bits per heavy atom. The van der Waals surface area contributed by atoms with Gasteiger partial charge in [0.1, 0.15) is 5.54 Å². The lowest BCUT2D eigenvalue weighted by Gasteiger charge is -2.38. The second kappa shape index (κ2) is 8.14. The number of nitrogens with zero attached hydrogens (tertiary/aromatic N) is 1. The highest BCUT2D eigenvalue weighted by molar-refractivity contribution is 6.08. The molecule has 3 fully saturated rings. The number of carbonyl (C=O) groups is 3. The molecule has 7 nitrogen and oxygen atoms in total. The average Bonchev–Trinajstić information content (AvgIpc) is 2.99. The number of urea groups is 1. The van der Waals surface area contributed by atoms with Crippen LogP contribution in [0.15, 0.2) is 30.3 Å². The molecule has 156 valence electrons. The maximum absolute atomic E-state index is 13.1. The van der Waals surface area contributed by atoms with E-state index >= 15 is 0 Å². The van der Waals surface area contributed by atoms with Crippen molar-refractivity contribution in [2.75, 3.05) is 19.6 Å². The molecule has 1 aromatic carbocycles. The van der Waals surface area contributed by atoms with Gasteiger partial charge < -0.3 is 10.2 Å². The molecule has 2 aliphatic heterocycles. The number of carbonyl (C=O) groups excluding carboxylic acids is 3. The SMILES string of the molecule is CC[C@@]1(c2ccccc2)NC(=O)N(NC(=O)C[NH+]2CC[C@@H]3CCCC[C@@H]3C2)C1=O. The Bertz CT molecular complexity index is 784. The fourth-order valence-electron chi connectivity index (χ4n) is 5.39. The fraction of sp³-hybridized carbons (Fsp3) is 0.591. The van der Waals surface area contributed by atoms with Gasteiger partial charge in [-0.05, 0) is 37.2 Å². The quantitative estimate of drug-likeness (QED) is 0.646. The molecule has 0 aromatic heterocycles. The molecule has 1 aromatic rings. The Morgan fingerprint density at radius 1 is 1.17 bits per heavy atom. The van der Waals surface area contributed by atoms with Crippen LogP contribution >= 0.6 is 0 Å². The van der Waals surface area contributed by atoms with Gasteiger partial charge in [0, 0.05) is 5.92 Å². The smallest absolute Gasteiger partial charge is 0.327 e. The predicted octanol–water partition coefficient (Wildman–Crippen LogP) is 0.970. The van der Waals surface area contributed by atoms with Gasteiger partial charge >= 0.3 is 6.03 Å². The van der Waals surface area contributed by atoms with Crippen molar-refractivity contribution in [3.63, 3.8) is 0 Å². The summed E-state index contributed by atoms with van der Waals surface area (Å²) < 4.78 is 0. The normalized spacial score (nSPS) is 31.9. The molecule has 7 heteroatoms. The number of quaternary nitrogens is 1. The van der Waals surface area contributed by atoms with Crippen LogP contribution in [0, 0.1) is 11.8 Å². The van der Waals surface area contributed by atoms with Gasteiger partial charge in [0.15, 0.2) is 6.54 Å². The van der Waals surface area contributed by atoms with Crippen LogP contribution < -0.4 is 15.6 Å². The average molecular weight is 400 g/mol. The van der Waals surface area contributed by atoms with E-state index in [2.05, 4.69) is 10.7 Å². The molecule has 29 heavy (non-hydrogen) atoms. The van der Waals surface area contributed by atoms with E-state index < -0.39 is 17.5 Å². The van der Waals surface area contributed by atoms with Gasteiger partial charge in [0.05, 0.1) is 13.1 Å². The highest BCUT2D eigenvalue weighted by Gasteiger charge is 2.52. The van der Waals surface area contributed by atoms with Crippen LogP contribution in [0.25, 0.3) is 0 Å². The van der Waals surface area contributed by atoms with Crippen molar-refractivity contribution in [1.29, 1.82) is 0 Å². The second-order valence-electron chi connectivity index (χ2n) is 8.70. The number of piperidine rings is 1. The van der Waals surface area contributed by atoms with Crippen LogP contribution in [0.1, 0.15) is 51.0 Å². The molecule has 0 bridgehead atoms. The summed E-state index contributed by atoms with van der Waals surface area (Å²) in [5.74, 6) is 0.823. The zero-order valence-electron chi connectivity index (χ0n) is 17.1. The van der Waals surface area contributed by atoms with Gasteiger partial charge in [0.2, 0.25) is 0 Å². The van der Waals surface area contributed by atoms with E-state index in [9.17, 15) is 14.4 Å². The summed E-state index contributed by atoms with van der Waals surface area (Å²) in [7, 11) is 0. The van der Waals surface area contributed by atoms with E-state index in [1.807, 2.05) is 37.3 Å². The van der Waals surface area contributed by atoms with Crippen molar-refractivity contribution in [3.8, 4) is 0 Å². The Kier molecular flexibility index (Phi) is 5.58.